The summed E-state index contributed by atoms with van der Waals surface area (Å²) in [6.07, 6.45) is -6.00. The Hall–Kier alpha value is -1.56. The van der Waals surface area contributed by atoms with Crippen LogP contribution in [0.4, 0.5) is 13.2 Å². The summed E-state index contributed by atoms with van der Waals surface area (Å²) in [5.74, 6) is -1.80. The van der Waals surface area contributed by atoms with Gasteiger partial charge < -0.3 is 10.8 Å². The van der Waals surface area contributed by atoms with Gasteiger partial charge in [-0.15, -0.1) is 0 Å². The van der Waals surface area contributed by atoms with Crippen molar-refractivity contribution in [1.82, 2.24) is 0 Å². The van der Waals surface area contributed by atoms with Gasteiger partial charge in [0.1, 0.15) is 0 Å². The van der Waals surface area contributed by atoms with Crippen molar-refractivity contribution in [3.05, 3.63) is 35.4 Å². The van der Waals surface area contributed by atoms with Crippen molar-refractivity contribution in [3.8, 4) is 0 Å². The van der Waals surface area contributed by atoms with Gasteiger partial charge in [0.15, 0.2) is 0 Å². The molecule has 1 aromatic rings. The number of amides is 1. The van der Waals surface area contributed by atoms with Gasteiger partial charge in [-0.05, 0) is 16.5 Å². The maximum Gasteiger partial charge on any atom is 0.426 e. The first-order valence-corrected chi connectivity index (χ1v) is 6.06. The molecular formula is C14H18F3NO2. The number of carbonyl (C=O) groups excluding carboxylic acids is 1. The van der Waals surface area contributed by atoms with Gasteiger partial charge in [0.25, 0.3) is 5.91 Å². The van der Waals surface area contributed by atoms with Gasteiger partial charge in [-0.1, -0.05) is 45.0 Å². The summed E-state index contributed by atoms with van der Waals surface area (Å²) in [5, 5.41) is 9.51. The van der Waals surface area contributed by atoms with Crippen LogP contribution in [-0.2, 0) is 16.6 Å². The van der Waals surface area contributed by atoms with E-state index in [4.69, 9.17) is 5.73 Å². The zero-order valence-corrected chi connectivity index (χ0v) is 11.6. The first-order chi connectivity index (χ1) is 8.88. The second-order valence-electron chi connectivity index (χ2n) is 5.85. The van der Waals surface area contributed by atoms with E-state index >= 15 is 0 Å². The van der Waals surface area contributed by atoms with Crippen LogP contribution in [0.5, 0.6) is 0 Å². The van der Waals surface area contributed by atoms with E-state index in [0.717, 1.165) is 5.56 Å². The molecule has 0 aliphatic heterocycles. The number of hydrogen-bond acceptors (Lipinski definition) is 2. The molecule has 1 amide bonds. The van der Waals surface area contributed by atoms with Crippen LogP contribution in [0.15, 0.2) is 24.3 Å². The first-order valence-electron chi connectivity index (χ1n) is 6.06. The smallest absolute Gasteiger partial charge is 0.372 e. The van der Waals surface area contributed by atoms with Gasteiger partial charge in [-0.25, -0.2) is 0 Å². The molecule has 1 atom stereocenters. The van der Waals surface area contributed by atoms with Gasteiger partial charge >= 0.3 is 6.18 Å². The van der Waals surface area contributed by atoms with E-state index in [2.05, 4.69) is 0 Å². The summed E-state index contributed by atoms with van der Waals surface area (Å²) in [6.45, 7) is 5.91. The number of alkyl halides is 3. The third-order valence-electron chi connectivity index (χ3n) is 3.16. The summed E-state index contributed by atoms with van der Waals surface area (Å²) in [5.41, 5.74) is 2.15. The number of benzene rings is 1. The average molecular weight is 289 g/mol. The number of carbonyl (C=O) groups is 1. The molecule has 0 aliphatic rings. The zero-order valence-electron chi connectivity index (χ0n) is 11.6. The highest BCUT2D eigenvalue weighted by Crippen LogP contribution is 2.33. The van der Waals surface area contributed by atoms with E-state index in [1.165, 1.54) is 12.1 Å². The van der Waals surface area contributed by atoms with Gasteiger partial charge in [0.05, 0.1) is 0 Å². The molecule has 1 unspecified atom stereocenters. The summed E-state index contributed by atoms with van der Waals surface area (Å²) in [7, 11) is 0. The molecule has 0 fully saturated rings. The van der Waals surface area contributed by atoms with Crippen LogP contribution in [0.1, 0.15) is 31.9 Å². The van der Waals surface area contributed by atoms with Crippen LogP contribution in [0.3, 0.4) is 0 Å². The Morgan fingerprint density at radius 2 is 1.60 bits per heavy atom. The predicted molar refractivity (Wildman–Crippen MR) is 69.0 cm³/mol. The van der Waals surface area contributed by atoms with Gasteiger partial charge in [0, 0.05) is 6.42 Å². The lowest BCUT2D eigenvalue weighted by Crippen LogP contribution is -2.56. The van der Waals surface area contributed by atoms with E-state index in [0.29, 0.717) is 0 Å². The quantitative estimate of drug-likeness (QED) is 0.897. The Morgan fingerprint density at radius 3 is 1.90 bits per heavy atom. The van der Waals surface area contributed by atoms with Crippen molar-refractivity contribution in [2.75, 3.05) is 0 Å². The van der Waals surface area contributed by atoms with E-state index in [9.17, 15) is 23.1 Å². The van der Waals surface area contributed by atoms with Crippen LogP contribution in [-0.4, -0.2) is 22.8 Å². The lowest BCUT2D eigenvalue weighted by atomic mass is 9.85. The standard InChI is InChI=1S/C14H18F3NO2/c1-12(2,3)10-6-4-9(5-7-10)8-13(20,11(18)19)14(15,16)17/h4-7,20H,8H2,1-3H3,(H2,18,19). The number of aliphatic hydroxyl groups is 1. The lowest BCUT2D eigenvalue weighted by Gasteiger charge is -2.27. The Kier molecular flexibility index (Phi) is 4.20. The highest BCUT2D eigenvalue weighted by Gasteiger charge is 2.58. The minimum absolute atomic E-state index is 0.136. The monoisotopic (exact) mass is 289 g/mol. The van der Waals surface area contributed by atoms with Crippen molar-refractivity contribution in [2.24, 2.45) is 5.73 Å². The molecule has 112 valence electrons. The fraction of sp³-hybridized carbons (Fsp3) is 0.500. The molecule has 1 rings (SSSR count). The summed E-state index contributed by atoms with van der Waals surface area (Å²) < 4.78 is 38.3. The third kappa shape index (κ3) is 3.30. The molecule has 3 N–H and O–H groups in total. The second-order valence-corrected chi connectivity index (χ2v) is 5.85. The minimum atomic E-state index is -5.11. The zero-order chi connectivity index (χ0) is 15.8. The average Bonchev–Trinajstić information content (AvgIpc) is 2.26. The van der Waals surface area contributed by atoms with Crippen molar-refractivity contribution in [2.45, 2.75) is 44.4 Å². The second kappa shape index (κ2) is 5.09. The third-order valence-corrected chi connectivity index (χ3v) is 3.16. The number of hydrogen-bond donors (Lipinski definition) is 2. The fourth-order valence-electron chi connectivity index (χ4n) is 1.75. The molecule has 0 heterocycles. The molecule has 0 aliphatic carbocycles. The molecule has 3 nitrogen and oxygen atoms in total. The Bertz CT molecular complexity index is 489. The van der Waals surface area contributed by atoms with Crippen LogP contribution in [0, 0.1) is 0 Å². The van der Waals surface area contributed by atoms with E-state index in [1.54, 1.807) is 12.1 Å². The van der Waals surface area contributed by atoms with Crippen molar-refractivity contribution >= 4 is 5.91 Å². The number of halogens is 3. The van der Waals surface area contributed by atoms with Crippen LogP contribution >= 0.6 is 0 Å². The molecule has 6 heteroatoms. The van der Waals surface area contributed by atoms with E-state index < -0.39 is 24.1 Å². The number of nitrogens with two attached hydrogens (primary N) is 1. The van der Waals surface area contributed by atoms with E-state index in [-0.39, 0.29) is 11.0 Å². The van der Waals surface area contributed by atoms with Crippen molar-refractivity contribution in [3.63, 3.8) is 0 Å². The summed E-state index contributed by atoms with van der Waals surface area (Å²) >= 11 is 0. The highest BCUT2D eigenvalue weighted by molar-refractivity contribution is 5.84. The number of primary amides is 1. The fourth-order valence-corrected chi connectivity index (χ4v) is 1.75. The molecule has 0 saturated heterocycles. The van der Waals surface area contributed by atoms with E-state index in [1.807, 2.05) is 20.8 Å². The Balaban J connectivity index is 3.06. The van der Waals surface area contributed by atoms with Crippen LogP contribution in [0.25, 0.3) is 0 Å². The number of rotatable bonds is 3. The Labute approximate surface area is 115 Å². The first kappa shape index (κ1) is 16.5. The largest absolute Gasteiger partial charge is 0.426 e. The van der Waals surface area contributed by atoms with Gasteiger partial charge in [-0.3, -0.25) is 4.79 Å². The molecular weight excluding hydrogens is 271 g/mol. The topological polar surface area (TPSA) is 63.3 Å². The van der Waals surface area contributed by atoms with Crippen molar-refractivity contribution in [1.29, 1.82) is 0 Å². The molecule has 0 radical (unpaired) electrons. The summed E-state index contributed by atoms with van der Waals surface area (Å²) in [4.78, 5) is 11.0. The van der Waals surface area contributed by atoms with Gasteiger partial charge in [0.2, 0.25) is 5.60 Å². The molecule has 1 aromatic carbocycles. The highest BCUT2D eigenvalue weighted by atomic mass is 19.4. The minimum Gasteiger partial charge on any atom is -0.372 e. The maximum atomic E-state index is 12.8. The van der Waals surface area contributed by atoms with Crippen molar-refractivity contribution < 1.29 is 23.1 Å². The molecule has 0 spiro atoms. The SMILES string of the molecule is CC(C)(C)c1ccc(CC(O)(C(N)=O)C(F)(F)F)cc1. The lowest BCUT2D eigenvalue weighted by molar-refractivity contribution is -0.249. The normalized spacial score (nSPS) is 15.8. The van der Waals surface area contributed by atoms with Gasteiger partial charge in [-0.2, -0.15) is 13.2 Å². The molecule has 0 saturated carbocycles. The molecule has 0 bridgehead atoms. The Morgan fingerprint density at radius 1 is 1.15 bits per heavy atom. The van der Waals surface area contributed by atoms with Crippen LogP contribution in [0.2, 0.25) is 0 Å². The molecule has 0 aromatic heterocycles. The predicted octanol–water partition coefficient (Wildman–Crippen LogP) is 2.31. The summed E-state index contributed by atoms with van der Waals surface area (Å²) in [6, 6.07) is 6.26. The van der Waals surface area contributed by atoms with Crippen LogP contribution < -0.4 is 5.73 Å². The maximum absolute atomic E-state index is 12.8. The molecule has 20 heavy (non-hydrogen) atoms.